The fourth-order valence-corrected chi connectivity index (χ4v) is 5.19. The van der Waals surface area contributed by atoms with Gasteiger partial charge in [-0.15, -0.1) is 0 Å². The van der Waals surface area contributed by atoms with E-state index in [4.69, 9.17) is 4.74 Å². The fraction of sp³-hybridized carbons (Fsp3) is 0.826. The molecule has 0 aromatic rings. The molecule has 4 atom stereocenters. The molecule has 4 heteroatoms. The number of hydrogen-bond acceptors (Lipinski definition) is 4. The molecular weight excluding hydrogens is 340 g/mol. The van der Waals surface area contributed by atoms with E-state index < -0.39 is 17.8 Å². The third-order valence-corrected chi connectivity index (χ3v) is 6.63. The van der Waals surface area contributed by atoms with Gasteiger partial charge in [0.1, 0.15) is 0 Å². The van der Waals surface area contributed by atoms with Gasteiger partial charge in [0.05, 0.1) is 23.9 Å². The van der Waals surface area contributed by atoms with Crippen LogP contribution < -0.4 is 0 Å². The zero-order chi connectivity index (χ0) is 19.5. The van der Waals surface area contributed by atoms with Gasteiger partial charge in [0.2, 0.25) is 0 Å². The Bertz CT molecular complexity index is 547. The molecule has 0 saturated heterocycles. The van der Waals surface area contributed by atoms with Gasteiger partial charge < -0.3 is 20.1 Å². The summed E-state index contributed by atoms with van der Waals surface area (Å²) in [5, 5.41) is 29.6. The third kappa shape index (κ3) is 6.42. The molecule has 1 spiro atoms. The second-order valence-electron chi connectivity index (χ2n) is 9.93. The van der Waals surface area contributed by atoms with Gasteiger partial charge in [-0.2, -0.15) is 0 Å². The quantitative estimate of drug-likeness (QED) is 0.675. The van der Waals surface area contributed by atoms with Gasteiger partial charge in [0.15, 0.2) is 0 Å². The van der Waals surface area contributed by atoms with Crippen LogP contribution in [-0.4, -0.2) is 45.8 Å². The predicted molar refractivity (Wildman–Crippen MR) is 107 cm³/mol. The molecule has 0 unspecified atom stereocenters. The molecule has 0 aliphatic heterocycles. The summed E-state index contributed by atoms with van der Waals surface area (Å²) in [6.07, 6.45) is 15.0. The number of rotatable bonds is 5. The van der Waals surface area contributed by atoms with Crippen LogP contribution in [0.5, 0.6) is 0 Å². The minimum Gasteiger partial charge on any atom is -0.393 e. The first-order valence-corrected chi connectivity index (χ1v) is 10.8. The Hall–Kier alpha value is -0.680. The average molecular weight is 379 g/mol. The molecule has 0 heterocycles. The molecule has 0 aromatic carbocycles. The van der Waals surface area contributed by atoms with Crippen LogP contribution in [0.4, 0.5) is 0 Å². The normalized spacial score (nSPS) is 36.6. The Kier molecular flexibility index (Phi) is 6.83. The van der Waals surface area contributed by atoms with E-state index in [-0.39, 0.29) is 0 Å². The van der Waals surface area contributed by atoms with Crippen molar-refractivity contribution in [1.82, 2.24) is 0 Å². The Labute approximate surface area is 164 Å². The van der Waals surface area contributed by atoms with E-state index in [0.717, 1.165) is 19.3 Å². The average Bonchev–Trinajstić information content (AvgIpc) is 2.93. The van der Waals surface area contributed by atoms with Gasteiger partial charge in [-0.1, -0.05) is 23.3 Å². The van der Waals surface area contributed by atoms with Gasteiger partial charge in [-0.25, -0.2) is 0 Å². The maximum Gasteiger partial charge on any atom is 0.0613 e. The highest BCUT2D eigenvalue weighted by molar-refractivity contribution is 5.22. The predicted octanol–water partition coefficient (Wildman–Crippen LogP) is 4.04. The van der Waals surface area contributed by atoms with Crippen molar-refractivity contribution < 1.29 is 20.1 Å². The molecule has 3 saturated carbocycles. The summed E-state index contributed by atoms with van der Waals surface area (Å²) in [7, 11) is 0. The van der Waals surface area contributed by atoms with Gasteiger partial charge >= 0.3 is 0 Å². The van der Waals surface area contributed by atoms with Crippen LogP contribution in [-0.2, 0) is 4.74 Å². The van der Waals surface area contributed by atoms with Crippen molar-refractivity contribution >= 4 is 0 Å². The molecule has 154 valence electrons. The zero-order valence-corrected chi connectivity index (χ0v) is 17.1. The monoisotopic (exact) mass is 378 g/mol. The molecule has 3 aliphatic carbocycles. The smallest absolute Gasteiger partial charge is 0.0613 e. The number of hydrogen-bond donors (Lipinski definition) is 3. The molecule has 3 fully saturated rings. The summed E-state index contributed by atoms with van der Waals surface area (Å²) in [6, 6.07) is 0. The molecule has 3 aliphatic rings. The minimum absolute atomic E-state index is 0.341. The van der Waals surface area contributed by atoms with Crippen LogP contribution >= 0.6 is 0 Å². The van der Waals surface area contributed by atoms with Gasteiger partial charge in [0, 0.05) is 6.61 Å². The molecule has 4 nitrogen and oxygen atoms in total. The molecule has 0 radical (unpaired) electrons. The number of ether oxygens (including phenoxy) is 1. The van der Waals surface area contributed by atoms with Crippen LogP contribution in [0.15, 0.2) is 23.3 Å². The van der Waals surface area contributed by atoms with Crippen molar-refractivity contribution in [3.05, 3.63) is 23.3 Å². The SMILES string of the molecule is CC(C)(O)CCO[C@H]1CC[C@@]2(CCC/C(=C\C=C3C[C@@H](O)C[C@H](O)C3)C2)C1. The van der Waals surface area contributed by atoms with Crippen LogP contribution in [0.25, 0.3) is 0 Å². The summed E-state index contributed by atoms with van der Waals surface area (Å²) in [4.78, 5) is 0. The van der Waals surface area contributed by atoms with Crippen LogP contribution in [0.3, 0.4) is 0 Å². The first kappa shape index (κ1) is 21.0. The third-order valence-electron chi connectivity index (χ3n) is 6.63. The number of allylic oxidation sites excluding steroid dienone is 3. The zero-order valence-electron chi connectivity index (χ0n) is 17.1. The lowest BCUT2D eigenvalue weighted by atomic mass is 9.70. The maximum absolute atomic E-state index is 9.85. The lowest BCUT2D eigenvalue weighted by Crippen LogP contribution is -2.25. The fourth-order valence-electron chi connectivity index (χ4n) is 5.19. The summed E-state index contributed by atoms with van der Waals surface area (Å²) in [5.41, 5.74) is 2.44. The standard InChI is InChI=1S/C23H38O4/c1-22(2,26)10-11-27-21-7-9-23(16-21)8-3-4-17(15-23)5-6-18-12-19(24)14-20(25)13-18/h5-6,19-21,24-26H,3-4,7-16H2,1-2H3/b17-5+/t19-,20-,21+,23-/m1/s1. The highest BCUT2D eigenvalue weighted by Crippen LogP contribution is 2.51. The second-order valence-corrected chi connectivity index (χ2v) is 9.93. The molecule has 0 amide bonds. The molecule has 27 heavy (non-hydrogen) atoms. The van der Waals surface area contributed by atoms with Crippen LogP contribution in [0.1, 0.15) is 84.5 Å². The van der Waals surface area contributed by atoms with E-state index >= 15 is 0 Å². The Morgan fingerprint density at radius 3 is 2.52 bits per heavy atom. The molecule has 3 N–H and O–H groups in total. The first-order valence-electron chi connectivity index (χ1n) is 10.8. The van der Waals surface area contributed by atoms with Gasteiger partial charge in [-0.05, 0) is 89.9 Å². The highest BCUT2D eigenvalue weighted by atomic mass is 16.5. The van der Waals surface area contributed by atoms with Crippen molar-refractivity contribution in [3.63, 3.8) is 0 Å². The number of aliphatic hydroxyl groups excluding tert-OH is 2. The molecule has 3 rings (SSSR count). The van der Waals surface area contributed by atoms with Crippen molar-refractivity contribution in [1.29, 1.82) is 0 Å². The van der Waals surface area contributed by atoms with E-state index in [2.05, 4.69) is 12.2 Å². The van der Waals surface area contributed by atoms with E-state index in [1.54, 1.807) is 0 Å². The number of aliphatic hydroxyl groups is 3. The maximum atomic E-state index is 9.85. The Balaban J connectivity index is 1.53. The summed E-state index contributed by atoms with van der Waals surface area (Å²) in [5.74, 6) is 0. The van der Waals surface area contributed by atoms with Crippen molar-refractivity contribution in [2.45, 2.75) is 108 Å². The molecule has 0 bridgehead atoms. The Morgan fingerprint density at radius 2 is 1.81 bits per heavy atom. The lowest BCUT2D eigenvalue weighted by molar-refractivity contribution is -0.00379. The lowest BCUT2D eigenvalue weighted by Gasteiger charge is -2.35. The van der Waals surface area contributed by atoms with Crippen LogP contribution in [0.2, 0.25) is 0 Å². The molecular formula is C23H38O4. The van der Waals surface area contributed by atoms with Crippen molar-refractivity contribution in [2.75, 3.05) is 6.61 Å². The first-order chi connectivity index (χ1) is 12.7. The highest BCUT2D eigenvalue weighted by Gasteiger charge is 2.41. The largest absolute Gasteiger partial charge is 0.393 e. The van der Waals surface area contributed by atoms with Crippen LogP contribution in [0, 0.1) is 5.41 Å². The van der Waals surface area contributed by atoms with Crippen molar-refractivity contribution in [3.8, 4) is 0 Å². The topological polar surface area (TPSA) is 69.9 Å². The summed E-state index contributed by atoms with van der Waals surface area (Å²) >= 11 is 0. The molecule has 0 aromatic heterocycles. The van der Waals surface area contributed by atoms with Crippen molar-refractivity contribution in [2.24, 2.45) is 5.41 Å². The minimum atomic E-state index is -0.648. The van der Waals surface area contributed by atoms with E-state index in [1.807, 2.05) is 13.8 Å². The second kappa shape index (κ2) is 8.77. The van der Waals surface area contributed by atoms with E-state index in [1.165, 1.54) is 36.8 Å². The summed E-state index contributed by atoms with van der Waals surface area (Å²) in [6.45, 7) is 4.32. The summed E-state index contributed by atoms with van der Waals surface area (Å²) < 4.78 is 6.07. The van der Waals surface area contributed by atoms with Gasteiger partial charge in [0.25, 0.3) is 0 Å². The van der Waals surface area contributed by atoms with E-state index in [0.29, 0.717) is 43.8 Å². The van der Waals surface area contributed by atoms with E-state index in [9.17, 15) is 15.3 Å². The Morgan fingerprint density at radius 1 is 1.11 bits per heavy atom. The van der Waals surface area contributed by atoms with Gasteiger partial charge in [-0.3, -0.25) is 0 Å².